The molecule has 3 heterocycles. The van der Waals surface area contributed by atoms with Crippen molar-refractivity contribution in [2.45, 2.75) is 44.2 Å². The van der Waals surface area contributed by atoms with E-state index in [0.717, 1.165) is 31.3 Å². The lowest BCUT2D eigenvalue weighted by Crippen LogP contribution is -2.38. The van der Waals surface area contributed by atoms with Crippen molar-refractivity contribution in [1.82, 2.24) is 14.9 Å². The van der Waals surface area contributed by atoms with Gasteiger partial charge < -0.3 is 5.32 Å². The summed E-state index contributed by atoms with van der Waals surface area (Å²) in [6.45, 7) is 3.36. The van der Waals surface area contributed by atoms with Gasteiger partial charge in [-0.3, -0.25) is 4.90 Å². The minimum absolute atomic E-state index is 0.531. The van der Waals surface area contributed by atoms with E-state index in [1.807, 2.05) is 23.6 Å². The molecule has 0 radical (unpaired) electrons. The summed E-state index contributed by atoms with van der Waals surface area (Å²) in [7, 11) is 0. The van der Waals surface area contributed by atoms with Crippen molar-refractivity contribution in [2.24, 2.45) is 0 Å². The lowest BCUT2D eigenvalue weighted by atomic mass is 10.1. The predicted octanol–water partition coefficient (Wildman–Crippen LogP) is 4.25. The minimum atomic E-state index is 0.531. The number of rotatable bonds is 5. The van der Waals surface area contributed by atoms with Gasteiger partial charge in [-0.05, 0) is 59.8 Å². The number of nitrogens with zero attached hydrogens (tertiary/aromatic N) is 3. The number of aromatic nitrogens is 2. The smallest absolute Gasteiger partial charge is 0.133 e. The molecular formula is C17H21BrN4S. The number of halogens is 1. The first kappa shape index (κ1) is 15.5. The Balaban J connectivity index is 1.28. The van der Waals surface area contributed by atoms with Gasteiger partial charge in [-0.15, -0.1) is 11.3 Å². The molecule has 122 valence electrons. The number of hydrogen-bond acceptors (Lipinski definition) is 5. The van der Waals surface area contributed by atoms with Crippen LogP contribution in [0.1, 0.15) is 42.3 Å². The van der Waals surface area contributed by atoms with Crippen LogP contribution in [-0.4, -0.2) is 34.0 Å². The summed E-state index contributed by atoms with van der Waals surface area (Å²) in [4.78, 5) is 13.1. The average Bonchev–Trinajstić information content (AvgIpc) is 3.33. The molecule has 0 spiro atoms. The van der Waals surface area contributed by atoms with E-state index in [-0.39, 0.29) is 0 Å². The third-order valence-electron chi connectivity index (χ3n) is 4.56. The van der Waals surface area contributed by atoms with Crippen molar-refractivity contribution in [3.63, 3.8) is 0 Å². The first-order valence-electron chi connectivity index (χ1n) is 8.32. The second kappa shape index (κ2) is 6.87. The molecule has 2 aromatic heterocycles. The summed E-state index contributed by atoms with van der Waals surface area (Å²) >= 11 is 5.38. The van der Waals surface area contributed by atoms with E-state index in [9.17, 15) is 0 Å². The Labute approximate surface area is 149 Å². The van der Waals surface area contributed by atoms with Crippen molar-refractivity contribution < 1.29 is 0 Å². The zero-order valence-electron chi connectivity index (χ0n) is 13.0. The molecule has 2 fully saturated rings. The quantitative estimate of drug-likeness (QED) is 0.825. The summed E-state index contributed by atoms with van der Waals surface area (Å²) in [5, 5.41) is 3.61. The number of piperidine rings is 1. The van der Waals surface area contributed by atoms with E-state index >= 15 is 0 Å². The van der Waals surface area contributed by atoms with Crippen molar-refractivity contribution in [3.05, 3.63) is 38.9 Å². The Bertz CT molecular complexity index is 662. The van der Waals surface area contributed by atoms with Gasteiger partial charge in [0.25, 0.3) is 0 Å². The van der Waals surface area contributed by atoms with Gasteiger partial charge in [-0.2, -0.15) is 0 Å². The molecule has 0 atom stereocenters. The molecule has 0 aromatic carbocycles. The van der Waals surface area contributed by atoms with E-state index in [1.165, 1.54) is 34.3 Å². The Morgan fingerprint density at radius 3 is 2.70 bits per heavy atom. The Morgan fingerprint density at radius 2 is 2.00 bits per heavy atom. The maximum atomic E-state index is 4.68. The van der Waals surface area contributed by atoms with Crippen LogP contribution in [0.25, 0.3) is 0 Å². The first-order chi connectivity index (χ1) is 11.3. The van der Waals surface area contributed by atoms with Crippen LogP contribution in [0.3, 0.4) is 0 Å². The van der Waals surface area contributed by atoms with Gasteiger partial charge in [-0.1, -0.05) is 0 Å². The van der Waals surface area contributed by atoms with Crippen LogP contribution in [0.5, 0.6) is 0 Å². The summed E-state index contributed by atoms with van der Waals surface area (Å²) in [5.41, 5.74) is 0. The monoisotopic (exact) mass is 392 g/mol. The first-order valence-corrected chi connectivity index (χ1v) is 9.93. The van der Waals surface area contributed by atoms with E-state index in [0.29, 0.717) is 12.0 Å². The normalized spacial score (nSPS) is 19.9. The van der Waals surface area contributed by atoms with Gasteiger partial charge in [0.15, 0.2) is 0 Å². The molecule has 1 aliphatic carbocycles. The predicted molar refractivity (Wildman–Crippen MR) is 97.9 cm³/mol. The van der Waals surface area contributed by atoms with Crippen LogP contribution in [0, 0.1) is 0 Å². The molecule has 6 heteroatoms. The summed E-state index contributed by atoms with van der Waals surface area (Å²) in [6, 6.07) is 6.89. The molecule has 1 saturated heterocycles. The van der Waals surface area contributed by atoms with E-state index in [4.69, 9.17) is 0 Å². The van der Waals surface area contributed by atoms with Gasteiger partial charge in [0, 0.05) is 42.7 Å². The fraction of sp³-hybridized carbons (Fsp3) is 0.529. The van der Waals surface area contributed by atoms with Crippen LogP contribution in [-0.2, 0) is 6.54 Å². The highest BCUT2D eigenvalue weighted by Gasteiger charge is 2.27. The summed E-state index contributed by atoms with van der Waals surface area (Å²) in [6.07, 6.45) is 6.75. The number of anilines is 1. The SMILES string of the molecule is Brc1ccc(CN2CCC(Nc3ccnc(C4CC4)n3)CC2)s1. The molecule has 2 aromatic rings. The van der Waals surface area contributed by atoms with Crippen molar-refractivity contribution >= 4 is 33.1 Å². The molecule has 2 aliphatic rings. The van der Waals surface area contributed by atoms with Crippen LogP contribution in [0.15, 0.2) is 28.2 Å². The largest absolute Gasteiger partial charge is 0.367 e. The Kier molecular flexibility index (Phi) is 4.64. The molecular weight excluding hydrogens is 372 g/mol. The summed E-state index contributed by atoms with van der Waals surface area (Å²) < 4.78 is 1.22. The van der Waals surface area contributed by atoms with Crippen LogP contribution >= 0.6 is 27.3 Å². The summed E-state index contributed by atoms with van der Waals surface area (Å²) in [5.74, 6) is 2.64. The van der Waals surface area contributed by atoms with Gasteiger partial charge in [0.1, 0.15) is 11.6 Å². The highest BCUT2D eigenvalue weighted by molar-refractivity contribution is 9.11. The topological polar surface area (TPSA) is 41.0 Å². The average molecular weight is 393 g/mol. The number of likely N-dealkylation sites (tertiary alicyclic amines) is 1. The van der Waals surface area contributed by atoms with Crippen molar-refractivity contribution in [2.75, 3.05) is 18.4 Å². The molecule has 4 nitrogen and oxygen atoms in total. The molecule has 23 heavy (non-hydrogen) atoms. The molecule has 1 aliphatic heterocycles. The van der Waals surface area contributed by atoms with Gasteiger partial charge in [0.2, 0.25) is 0 Å². The molecule has 0 amide bonds. The standard InChI is InChI=1S/C17H21BrN4S/c18-15-4-3-14(23-15)11-22-9-6-13(7-10-22)20-16-5-8-19-17(21-16)12-1-2-12/h3-5,8,12-13H,1-2,6-7,9-11H2,(H,19,20,21). The zero-order chi connectivity index (χ0) is 15.6. The van der Waals surface area contributed by atoms with Gasteiger partial charge >= 0.3 is 0 Å². The lowest BCUT2D eigenvalue weighted by Gasteiger charge is -2.32. The highest BCUT2D eigenvalue weighted by Crippen LogP contribution is 2.38. The molecule has 4 rings (SSSR count). The Hall–Kier alpha value is -0.980. The second-order valence-corrected chi connectivity index (χ2v) is 9.02. The maximum absolute atomic E-state index is 4.68. The number of thiophene rings is 1. The third-order valence-corrected chi connectivity index (χ3v) is 6.17. The van der Waals surface area contributed by atoms with E-state index in [1.54, 1.807) is 0 Å². The molecule has 0 unspecified atom stereocenters. The fourth-order valence-electron chi connectivity index (χ4n) is 3.09. The van der Waals surface area contributed by atoms with E-state index in [2.05, 4.69) is 48.2 Å². The Morgan fingerprint density at radius 1 is 1.17 bits per heavy atom. The van der Waals surface area contributed by atoms with Gasteiger partial charge in [0.05, 0.1) is 3.79 Å². The van der Waals surface area contributed by atoms with Crippen molar-refractivity contribution in [3.8, 4) is 0 Å². The van der Waals surface area contributed by atoms with Crippen LogP contribution < -0.4 is 5.32 Å². The minimum Gasteiger partial charge on any atom is -0.367 e. The van der Waals surface area contributed by atoms with Gasteiger partial charge in [-0.25, -0.2) is 9.97 Å². The van der Waals surface area contributed by atoms with Crippen LogP contribution in [0.2, 0.25) is 0 Å². The van der Waals surface area contributed by atoms with Crippen molar-refractivity contribution in [1.29, 1.82) is 0 Å². The van der Waals surface area contributed by atoms with E-state index < -0.39 is 0 Å². The molecule has 1 N–H and O–H groups in total. The maximum Gasteiger partial charge on any atom is 0.133 e. The molecule has 0 bridgehead atoms. The fourth-order valence-corrected chi connectivity index (χ4v) is 4.62. The highest BCUT2D eigenvalue weighted by atomic mass is 79.9. The number of nitrogens with one attached hydrogen (secondary N) is 1. The number of hydrogen-bond donors (Lipinski definition) is 1. The zero-order valence-corrected chi connectivity index (χ0v) is 15.4. The third kappa shape index (κ3) is 4.11. The van der Waals surface area contributed by atoms with Crippen LogP contribution in [0.4, 0.5) is 5.82 Å². The second-order valence-electron chi connectivity index (χ2n) is 6.47. The lowest BCUT2D eigenvalue weighted by molar-refractivity contribution is 0.213. The molecule has 1 saturated carbocycles.